The average molecular weight is 208 g/mol. The van der Waals surface area contributed by atoms with Crippen molar-refractivity contribution in [3.05, 3.63) is 12.2 Å². The van der Waals surface area contributed by atoms with E-state index < -0.39 is 5.41 Å². The fraction of sp³-hybridized carbons (Fsp3) is 0.636. The number of ether oxygens (including phenoxy) is 1. The summed E-state index contributed by atoms with van der Waals surface area (Å²) in [7, 11) is 0. The number of amides is 1. The fourth-order valence-corrected chi connectivity index (χ4v) is 1.51. The summed E-state index contributed by atoms with van der Waals surface area (Å²) in [5.74, 6) is -0.198. The molecule has 1 saturated heterocycles. The molecule has 1 amide bonds. The van der Waals surface area contributed by atoms with E-state index >= 15 is 0 Å². The van der Waals surface area contributed by atoms with Crippen molar-refractivity contribution in [1.82, 2.24) is 5.32 Å². The molecule has 0 aliphatic carbocycles. The molecule has 4 nitrogen and oxygen atoms in total. The molecule has 0 bridgehead atoms. The molecule has 1 fully saturated rings. The molecule has 1 aliphatic rings. The summed E-state index contributed by atoms with van der Waals surface area (Å²) < 4.78 is 5.15. The highest BCUT2D eigenvalue weighted by atomic mass is 16.5. The van der Waals surface area contributed by atoms with E-state index in [1.54, 1.807) is 0 Å². The molecule has 1 aliphatic heterocycles. The topological polar surface area (TPSA) is 62.1 Å². The molecule has 0 aromatic carbocycles. The Morgan fingerprint density at radius 1 is 1.60 bits per heavy atom. The Bertz CT molecular complexity index is 298. The van der Waals surface area contributed by atoms with Gasteiger partial charge in [-0.25, -0.2) is 0 Å². The zero-order chi connectivity index (χ0) is 11.3. The largest absolute Gasteiger partial charge is 0.381 e. The van der Waals surface area contributed by atoms with Crippen LogP contribution in [0.4, 0.5) is 0 Å². The van der Waals surface area contributed by atoms with Crippen LogP contribution >= 0.6 is 0 Å². The van der Waals surface area contributed by atoms with E-state index in [-0.39, 0.29) is 5.91 Å². The summed E-state index contributed by atoms with van der Waals surface area (Å²) >= 11 is 0. The minimum Gasteiger partial charge on any atom is -0.381 e. The Kier molecular flexibility index (Phi) is 3.87. The number of rotatable bonds is 3. The second-order valence-corrected chi connectivity index (χ2v) is 3.95. The zero-order valence-electron chi connectivity index (χ0n) is 9.01. The number of nitrogens with one attached hydrogen (secondary N) is 1. The molecular formula is C11H16N2O2. The summed E-state index contributed by atoms with van der Waals surface area (Å²) in [6, 6.07) is 2.12. The van der Waals surface area contributed by atoms with Gasteiger partial charge in [-0.1, -0.05) is 12.2 Å². The van der Waals surface area contributed by atoms with Gasteiger partial charge in [-0.15, -0.1) is 0 Å². The highest BCUT2D eigenvalue weighted by molar-refractivity contribution is 5.85. The van der Waals surface area contributed by atoms with Crippen LogP contribution in [0.2, 0.25) is 0 Å². The zero-order valence-corrected chi connectivity index (χ0v) is 9.01. The van der Waals surface area contributed by atoms with Gasteiger partial charge in [0, 0.05) is 19.8 Å². The fourth-order valence-electron chi connectivity index (χ4n) is 1.51. The van der Waals surface area contributed by atoms with Crippen LogP contribution in [-0.2, 0) is 9.53 Å². The van der Waals surface area contributed by atoms with E-state index in [0.717, 1.165) is 5.57 Å². The lowest BCUT2D eigenvalue weighted by Crippen LogP contribution is -2.44. The molecule has 0 unspecified atom stereocenters. The molecule has 82 valence electrons. The van der Waals surface area contributed by atoms with E-state index in [1.807, 2.05) is 6.92 Å². The lowest BCUT2D eigenvalue weighted by Gasteiger charge is -2.29. The SMILES string of the molecule is C=C(C)CNC(=O)C1(C#N)CCOCC1. The van der Waals surface area contributed by atoms with Gasteiger partial charge in [-0.05, 0) is 19.8 Å². The first-order valence-corrected chi connectivity index (χ1v) is 5.02. The van der Waals surface area contributed by atoms with Gasteiger partial charge in [0.2, 0.25) is 5.91 Å². The smallest absolute Gasteiger partial charge is 0.240 e. The van der Waals surface area contributed by atoms with E-state index in [4.69, 9.17) is 10.00 Å². The number of hydrogen-bond acceptors (Lipinski definition) is 3. The molecule has 1 heterocycles. The van der Waals surface area contributed by atoms with E-state index in [0.29, 0.717) is 32.6 Å². The lowest BCUT2D eigenvalue weighted by molar-refractivity contribution is -0.132. The van der Waals surface area contributed by atoms with Crippen molar-refractivity contribution in [3.63, 3.8) is 0 Å². The van der Waals surface area contributed by atoms with Crippen molar-refractivity contribution in [1.29, 1.82) is 5.26 Å². The summed E-state index contributed by atoms with van der Waals surface area (Å²) in [6.07, 6.45) is 0.955. The van der Waals surface area contributed by atoms with Gasteiger partial charge < -0.3 is 10.1 Å². The number of nitrogens with zero attached hydrogens (tertiary/aromatic N) is 1. The molecule has 0 aromatic heterocycles. The van der Waals surface area contributed by atoms with Crippen molar-refractivity contribution in [2.75, 3.05) is 19.8 Å². The third-order valence-corrected chi connectivity index (χ3v) is 2.55. The van der Waals surface area contributed by atoms with Crippen LogP contribution in [0.1, 0.15) is 19.8 Å². The highest BCUT2D eigenvalue weighted by Crippen LogP contribution is 2.29. The molecule has 0 radical (unpaired) electrons. The second-order valence-electron chi connectivity index (χ2n) is 3.95. The Morgan fingerprint density at radius 3 is 2.67 bits per heavy atom. The average Bonchev–Trinajstić information content (AvgIpc) is 2.26. The summed E-state index contributed by atoms with van der Waals surface area (Å²) in [4.78, 5) is 11.8. The summed E-state index contributed by atoms with van der Waals surface area (Å²) in [5.41, 5.74) is -0.0169. The molecule has 0 atom stereocenters. The number of carbonyl (C=O) groups excluding carboxylic acids is 1. The molecule has 0 aromatic rings. The molecule has 0 saturated carbocycles. The second kappa shape index (κ2) is 4.94. The quantitative estimate of drug-likeness (QED) is 0.704. The third kappa shape index (κ3) is 2.80. The Labute approximate surface area is 89.9 Å². The Balaban J connectivity index is 2.61. The van der Waals surface area contributed by atoms with E-state index in [1.165, 1.54) is 0 Å². The normalized spacial score (nSPS) is 18.9. The third-order valence-electron chi connectivity index (χ3n) is 2.55. The van der Waals surface area contributed by atoms with Crippen LogP contribution in [0.15, 0.2) is 12.2 Å². The van der Waals surface area contributed by atoms with Crippen LogP contribution in [0.25, 0.3) is 0 Å². The van der Waals surface area contributed by atoms with E-state index in [9.17, 15) is 4.79 Å². The maximum Gasteiger partial charge on any atom is 0.240 e. The van der Waals surface area contributed by atoms with Crippen molar-refractivity contribution in [2.45, 2.75) is 19.8 Å². The standard InChI is InChI=1S/C11H16N2O2/c1-9(2)7-13-10(14)11(8-12)3-5-15-6-4-11/h1,3-7H2,2H3,(H,13,14). The van der Waals surface area contributed by atoms with Crippen molar-refractivity contribution in [3.8, 4) is 6.07 Å². The number of hydrogen-bond donors (Lipinski definition) is 1. The molecule has 1 N–H and O–H groups in total. The predicted octanol–water partition coefficient (Wildman–Crippen LogP) is 0.999. The van der Waals surface area contributed by atoms with Gasteiger partial charge in [0.15, 0.2) is 0 Å². The summed E-state index contributed by atoms with van der Waals surface area (Å²) in [5, 5.41) is 11.8. The first kappa shape index (κ1) is 11.7. The monoisotopic (exact) mass is 208 g/mol. The van der Waals surface area contributed by atoms with Gasteiger partial charge in [0.25, 0.3) is 0 Å². The van der Waals surface area contributed by atoms with E-state index in [2.05, 4.69) is 18.0 Å². The van der Waals surface area contributed by atoms with Crippen LogP contribution in [0.3, 0.4) is 0 Å². The maximum atomic E-state index is 11.8. The van der Waals surface area contributed by atoms with Crippen LogP contribution in [0, 0.1) is 16.7 Å². The number of nitriles is 1. The number of carbonyl (C=O) groups is 1. The summed E-state index contributed by atoms with van der Waals surface area (Å²) in [6.45, 7) is 6.93. The van der Waals surface area contributed by atoms with Gasteiger partial charge >= 0.3 is 0 Å². The molecule has 15 heavy (non-hydrogen) atoms. The molecule has 1 rings (SSSR count). The first-order chi connectivity index (χ1) is 7.10. The van der Waals surface area contributed by atoms with Crippen molar-refractivity contribution < 1.29 is 9.53 Å². The van der Waals surface area contributed by atoms with Crippen molar-refractivity contribution in [2.24, 2.45) is 5.41 Å². The van der Waals surface area contributed by atoms with Gasteiger partial charge in [0.05, 0.1) is 6.07 Å². The van der Waals surface area contributed by atoms with Crippen LogP contribution in [0.5, 0.6) is 0 Å². The Hall–Kier alpha value is -1.34. The van der Waals surface area contributed by atoms with Crippen LogP contribution < -0.4 is 5.32 Å². The predicted molar refractivity (Wildman–Crippen MR) is 55.9 cm³/mol. The highest BCUT2D eigenvalue weighted by Gasteiger charge is 2.40. The molecular weight excluding hydrogens is 192 g/mol. The minimum absolute atomic E-state index is 0.198. The van der Waals surface area contributed by atoms with Crippen molar-refractivity contribution >= 4 is 5.91 Å². The van der Waals surface area contributed by atoms with Crippen LogP contribution in [-0.4, -0.2) is 25.7 Å². The molecule has 4 heteroatoms. The maximum absolute atomic E-state index is 11.8. The van der Waals surface area contributed by atoms with Gasteiger partial charge in [-0.2, -0.15) is 5.26 Å². The van der Waals surface area contributed by atoms with Gasteiger partial charge in [-0.3, -0.25) is 4.79 Å². The lowest BCUT2D eigenvalue weighted by atomic mass is 9.81. The van der Waals surface area contributed by atoms with Gasteiger partial charge in [0.1, 0.15) is 5.41 Å². The minimum atomic E-state index is -0.895. The Morgan fingerprint density at radius 2 is 2.20 bits per heavy atom. The molecule has 0 spiro atoms. The first-order valence-electron chi connectivity index (χ1n) is 5.02.